The molecular weight excluding hydrogens is 275 g/mol. The summed E-state index contributed by atoms with van der Waals surface area (Å²) in [5, 5.41) is 8.62. The molecule has 0 aliphatic carbocycles. The summed E-state index contributed by atoms with van der Waals surface area (Å²) in [4.78, 5) is 0. The van der Waals surface area contributed by atoms with Crippen LogP contribution in [0.4, 0.5) is 18.3 Å². The molecule has 0 saturated carbocycles. The Morgan fingerprint density at radius 2 is 2.00 bits per heavy atom. The molecule has 1 rings (SSSR count). The van der Waals surface area contributed by atoms with E-state index in [2.05, 4.69) is 15.5 Å². The highest BCUT2D eigenvalue weighted by Crippen LogP contribution is 2.33. The molecule has 8 heteroatoms. The average molecular weight is 288 g/mol. The van der Waals surface area contributed by atoms with Crippen LogP contribution in [0, 0.1) is 5.92 Å². The van der Waals surface area contributed by atoms with Crippen molar-refractivity contribution in [3.05, 3.63) is 5.01 Å². The maximum Gasteiger partial charge on any atom is 0.445 e. The normalized spacial score (nSPS) is 14.1. The number of rotatable bonds is 5. The van der Waals surface area contributed by atoms with Gasteiger partial charge in [0.1, 0.15) is 0 Å². The SMILES string of the molecule is CC(C)CC(CCl)Nc1nnc(C(F)(F)F)s1. The summed E-state index contributed by atoms with van der Waals surface area (Å²) in [6, 6.07) is -0.0919. The molecule has 0 amide bonds. The van der Waals surface area contributed by atoms with Crippen LogP contribution < -0.4 is 5.32 Å². The molecule has 3 nitrogen and oxygen atoms in total. The first-order valence-corrected chi connectivity index (χ1v) is 6.41. The number of hydrogen-bond donors (Lipinski definition) is 1. The highest BCUT2D eigenvalue weighted by Gasteiger charge is 2.35. The standard InChI is InChI=1S/C9H13ClF3N3S/c1-5(2)3-6(4-10)14-8-16-15-7(17-8)9(11,12)13/h5-6H,3-4H2,1-2H3,(H,14,16). The topological polar surface area (TPSA) is 37.8 Å². The minimum absolute atomic E-state index is 0.0919. The number of alkyl halides is 4. The molecule has 0 spiro atoms. The minimum atomic E-state index is -4.44. The van der Waals surface area contributed by atoms with Gasteiger partial charge in [0, 0.05) is 11.9 Å². The minimum Gasteiger partial charge on any atom is -0.356 e. The summed E-state index contributed by atoms with van der Waals surface area (Å²) < 4.78 is 36.9. The molecule has 0 aliphatic heterocycles. The van der Waals surface area contributed by atoms with E-state index in [1.807, 2.05) is 13.8 Å². The second kappa shape index (κ2) is 5.86. The van der Waals surface area contributed by atoms with Gasteiger partial charge in [0.25, 0.3) is 0 Å². The van der Waals surface area contributed by atoms with Crippen LogP contribution in [0.25, 0.3) is 0 Å². The molecule has 98 valence electrons. The molecule has 1 aromatic rings. The maximum atomic E-state index is 12.3. The first-order valence-electron chi connectivity index (χ1n) is 5.06. The first-order chi connectivity index (χ1) is 7.82. The predicted molar refractivity (Wildman–Crippen MR) is 62.5 cm³/mol. The fourth-order valence-electron chi connectivity index (χ4n) is 1.30. The van der Waals surface area contributed by atoms with Crippen molar-refractivity contribution in [1.29, 1.82) is 0 Å². The molecule has 0 fully saturated rings. The lowest BCUT2D eigenvalue weighted by molar-refractivity contribution is -0.138. The predicted octanol–water partition coefficient (Wildman–Crippen LogP) is 3.62. The van der Waals surface area contributed by atoms with Gasteiger partial charge in [-0.3, -0.25) is 0 Å². The molecular formula is C9H13ClF3N3S. The Balaban J connectivity index is 2.65. The van der Waals surface area contributed by atoms with E-state index in [0.29, 0.717) is 23.1 Å². The Bertz CT molecular complexity index is 354. The van der Waals surface area contributed by atoms with Crippen LogP contribution in [-0.2, 0) is 6.18 Å². The van der Waals surface area contributed by atoms with Gasteiger partial charge >= 0.3 is 6.18 Å². The zero-order chi connectivity index (χ0) is 13.1. The molecule has 0 aromatic carbocycles. The van der Waals surface area contributed by atoms with Crippen LogP contribution in [0.3, 0.4) is 0 Å². The van der Waals surface area contributed by atoms with E-state index in [4.69, 9.17) is 11.6 Å². The van der Waals surface area contributed by atoms with Crippen molar-refractivity contribution in [2.45, 2.75) is 32.5 Å². The zero-order valence-corrected chi connectivity index (χ0v) is 11.0. The van der Waals surface area contributed by atoms with Crippen LogP contribution in [0.1, 0.15) is 25.3 Å². The molecule has 0 bridgehead atoms. The van der Waals surface area contributed by atoms with Gasteiger partial charge in [0.15, 0.2) is 0 Å². The largest absolute Gasteiger partial charge is 0.445 e. The summed E-state index contributed by atoms with van der Waals surface area (Å²) in [6.45, 7) is 4.03. The number of halogens is 4. The van der Waals surface area contributed by atoms with Gasteiger partial charge in [-0.15, -0.1) is 21.8 Å². The molecule has 17 heavy (non-hydrogen) atoms. The van der Waals surface area contributed by atoms with Crippen molar-refractivity contribution < 1.29 is 13.2 Å². The number of hydrogen-bond acceptors (Lipinski definition) is 4. The number of anilines is 1. The molecule has 1 unspecified atom stereocenters. The van der Waals surface area contributed by atoms with E-state index >= 15 is 0 Å². The van der Waals surface area contributed by atoms with Crippen molar-refractivity contribution in [2.24, 2.45) is 5.92 Å². The van der Waals surface area contributed by atoms with Gasteiger partial charge in [-0.2, -0.15) is 13.2 Å². The van der Waals surface area contributed by atoms with Crippen LogP contribution in [-0.4, -0.2) is 22.1 Å². The van der Waals surface area contributed by atoms with E-state index in [9.17, 15) is 13.2 Å². The van der Waals surface area contributed by atoms with Crippen molar-refractivity contribution in [3.8, 4) is 0 Å². The molecule has 1 atom stereocenters. The Morgan fingerprint density at radius 3 is 2.41 bits per heavy atom. The second-order valence-corrected chi connectivity index (χ2v) is 5.32. The van der Waals surface area contributed by atoms with E-state index in [0.717, 1.165) is 6.42 Å². The first kappa shape index (κ1) is 14.5. The van der Waals surface area contributed by atoms with Crippen molar-refractivity contribution in [3.63, 3.8) is 0 Å². The molecule has 0 radical (unpaired) electrons. The average Bonchev–Trinajstić information content (AvgIpc) is 2.63. The Morgan fingerprint density at radius 1 is 1.35 bits per heavy atom. The summed E-state index contributed by atoms with van der Waals surface area (Å²) in [7, 11) is 0. The highest BCUT2D eigenvalue weighted by atomic mass is 35.5. The third-order valence-corrected chi connectivity index (χ3v) is 3.21. The van der Waals surface area contributed by atoms with Crippen molar-refractivity contribution in [2.75, 3.05) is 11.2 Å². The van der Waals surface area contributed by atoms with Gasteiger partial charge in [-0.05, 0) is 12.3 Å². The third-order valence-electron chi connectivity index (χ3n) is 1.94. The van der Waals surface area contributed by atoms with Crippen LogP contribution >= 0.6 is 22.9 Å². The van der Waals surface area contributed by atoms with Gasteiger partial charge in [0.05, 0.1) is 0 Å². The van der Waals surface area contributed by atoms with E-state index in [-0.39, 0.29) is 11.2 Å². The Kier molecular flexibility index (Phi) is 5.00. The number of aromatic nitrogens is 2. The van der Waals surface area contributed by atoms with Crippen LogP contribution in [0.2, 0.25) is 0 Å². The number of nitrogens with one attached hydrogen (secondary N) is 1. The van der Waals surface area contributed by atoms with Crippen molar-refractivity contribution >= 4 is 28.1 Å². The lowest BCUT2D eigenvalue weighted by Gasteiger charge is -2.16. The molecule has 1 N–H and O–H groups in total. The van der Waals surface area contributed by atoms with E-state index in [1.165, 1.54) is 0 Å². The summed E-state index contributed by atoms with van der Waals surface area (Å²) in [6.07, 6.45) is -3.67. The molecule has 1 aromatic heterocycles. The Labute approximate surface area is 106 Å². The van der Waals surface area contributed by atoms with Gasteiger partial charge in [0.2, 0.25) is 10.1 Å². The highest BCUT2D eigenvalue weighted by molar-refractivity contribution is 7.15. The Hall–Kier alpha value is -0.560. The van der Waals surface area contributed by atoms with Gasteiger partial charge in [-0.25, -0.2) is 0 Å². The fraction of sp³-hybridized carbons (Fsp3) is 0.778. The van der Waals surface area contributed by atoms with Crippen LogP contribution in [0.15, 0.2) is 0 Å². The van der Waals surface area contributed by atoms with E-state index < -0.39 is 11.2 Å². The molecule has 0 saturated heterocycles. The monoisotopic (exact) mass is 287 g/mol. The smallest absolute Gasteiger partial charge is 0.356 e. The van der Waals surface area contributed by atoms with E-state index in [1.54, 1.807) is 0 Å². The summed E-state index contributed by atoms with van der Waals surface area (Å²) in [5.74, 6) is 0.723. The lowest BCUT2D eigenvalue weighted by Crippen LogP contribution is -2.23. The zero-order valence-electron chi connectivity index (χ0n) is 9.38. The quantitative estimate of drug-likeness (QED) is 0.841. The second-order valence-electron chi connectivity index (χ2n) is 4.04. The maximum absolute atomic E-state index is 12.3. The molecule has 1 heterocycles. The van der Waals surface area contributed by atoms with Crippen molar-refractivity contribution in [1.82, 2.24) is 10.2 Å². The number of nitrogens with zero attached hydrogens (tertiary/aromatic N) is 2. The fourth-order valence-corrected chi connectivity index (χ4v) is 2.19. The molecule has 0 aliphatic rings. The lowest BCUT2D eigenvalue weighted by atomic mass is 10.1. The van der Waals surface area contributed by atoms with Gasteiger partial charge < -0.3 is 5.32 Å². The van der Waals surface area contributed by atoms with Crippen LogP contribution in [0.5, 0.6) is 0 Å². The summed E-state index contributed by atoms with van der Waals surface area (Å²) in [5.41, 5.74) is 0. The summed E-state index contributed by atoms with van der Waals surface area (Å²) >= 11 is 6.22. The third kappa shape index (κ3) is 4.67. The van der Waals surface area contributed by atoms with Gasteiger partial charge in [-0.1, -0.05) is 25.2 Å².